The van der Waals surface area contributed by atoms with E-state index in [1.54, 1.807) is 61.6 Å². The molecule has 1 aromatic carbocycles. The van der Waals surface area contributed by atoms with Crippen LogP contribution in [0, 0.1) is 5.82 Å². The molecule has 0 unspecified atom stereocenters. The van der Waals surface area contributed by atoms with Gasteiger partial charge in [0.25, 0.3) is 5.56 Å². The molecule has 0 bridgehead atoms. The van der Waals surface area contributed by atoms with Crippen molar-refractivity contribution in [3.05, 3.63) is 77.6 Å². The molecule has 5 rings (SSSR count). The quantitative estimate of drug-likeness (QED) is 0.432. The molecule has 34 heavy (non-hydrogen) atoms. The Labute approximate surface area is 193 Å². The van der Waals surface area contributed by atoms with Gasteiger partial charge in [-0.25, -0.2) is 24.3 Å². The first-order valence-electron chi connectivity index (χ1n) is 10.5. The third-order valence-corrected chi connectivity index (χ3v) is 5.54. The Kier molecular flexibility index (Phi) is 5.42. The fraction of sp³-hybridized carbons (Fsp3) is 0.167. The molecule has 170 valence electrons. The number of hydrogen-bond donors (Lipinski definition) is 1. The van der Waals surface area contributed by atoms with Crippen LogP contribution in [-0.4, -0.2) is 46.0 Å². The highest BCUT2D eigenvalue weighted by Crippen LogP contribution is 2.28. The summed E-state index contributed by atoms with van der Waals surface area (Å²) in [5.74, 6) is 0.108. The zero-order valence-electron chi connectivity index (χ0n) is 18.4. The normalized spacial score (nSPS) is 12.2. The number of pyridine rings is 1. The van der Waals surface area contributed by atoms with Crippen LogP contribution in [0.4, 0.5) is 4.39 Å². The summed E-state index contributed by atoms with van der Waals surface area (Å²) >= 11 is 0. The van der Waals surface area contributed by atoms with E-state index in [1.165, 1.54) is 23.0 Å². The van der Waals surface area contributed by atoms with Gasteiger partial charge < -0.3 is 5.11 Å². The van der Waals surface area contributed by atoms with Gasteiger partial charge in [0.2, 0.25) is 0 Å². The van der Waals surface area contributed by atoms with E-state index in [-0.39, 0.29) is 18.0 Å². The molecule has 0 spiro atoms. The van der Waals surface area contributed by atoms with Gasteiger partial charge in [-0.2, -0.15) is 5.10 Å². The number of aromatic nitrogens is 7. The average Bonchev–Trinajstić information content (AvgIpc) is 3.30. The van der Waals surface area contributed by atoms with E-state index in [9.17, 15) is 14.3 Å². The van der Waals surface area contributed by atoms with Gasteiger partial charge in [0, 0.05) is 42.3 Å². The summed E-state index contributed by atoms with van der Waals surface area (Å²) in [5.41, 5.74) is 3.13. The van der Waals surface area contributed by atoms with Crippen molar-refractivity contribution in [2.45, 2.75) is 13.0 Å². The molecular formula is C24H20FN7O2. The smallest absolute Gasteiger partial charge is 0.261 e. The van der Waals surface area contributed by atoms with Crippen LogP contribution in [0.25, 0.3) is 44.8 Å². The number of aryl methyl sites for hydroxylation is 1. The molecule has 0 amide bonds. The minimum absolute atomic E-state index is 0.195. The second kappa shape index (κ2) is 8.56. The minimum Gasteiger partial charge on any atom is -0.394 e. The van der Waals surface area contributed by atoms with E-state index in [2.05, 4.69) is 20.1 Å². The van der Waals surface area contributed by atoms with Crippen LogP contribution >= 0.6 is 0 Å². The van der Waals surface area contributed by atoms with Gasteiger partial charge in [0.1, 0.15) is 17.0 Å². The zero-order valence-corrected chi connectivity index (χ0v) is 18.4. The molecule has 0 fully saturated rings. The van der Waals surface area contributed by atoms with Crippen molar-refractivity contribution in [2.75, 3.05) is 6.61 Å². The first kappa shape index (κ1) is 21.5. The third kappa shape index (κ3) is 3.84. The lowest BCUT2D eigenvalue weighted by Crippen LogP contribution is -2.25. The van der Waals surface area contributed by atoms with Crippen molar-refractivity contribution in [1.82, 2.24) is 34.3 Å². The van der Waals surface area contributed by atoms with Gasteiger partial charge in [-0.3, -0.25) is 14.0 Å². The Balaban J connectivity index is 1.68. The fourth-order valence-electron chi connectivity index (χ4n) is 3.65. The number of halogens is 1. The third-order valence-electron chi connectivity index (χ3n) is 5.54. The first-order valence-corrected chi connectivity index (χ1v) is 10.5. The Bertz CT molecular complexity index is 1540. The SMILES string of the molecule is C[C@@H](CO)n1cnc2c(-c3cnn(C)c3)nc(-c3cnc(-c4ccc(F)cc4)nc3)cc2c1=O. The minimum atomic E-state index is -0.429. The zero-order chi connectivity index (χ0) is 23.8. The molecule has 0 radical (unpaired) electrons. The maximum absolute atomic E-state index is 13.3. The monoisotopic (exact) mass is 457 g/mol. The molecule has 0 aliphatic rings. The second-order valence-electron chi connectivity index (χ2n) is 7.95. The average molecular weight is 457 g/mol. The highest BCUT2D eigenvalue weighted by molar-refractivity contribution is 5.93. The molecule has 10 heteroatoms. The van der Waals surface area contributed by atoms with Crippen LogP contribution in [-0.2, 0) is 7.05 Å². The summed E-state index contributed by atoms with van der Waals surface area (Å²) in [6.07, 6.45) is 8.09. The number of aliphatic hydroxyl groups excluding tert-OH is 1. The molecular weight excluding hydrogens is 437 g/mol. The Hall–Kier alpha value is -4.31. The van der Waals surface area contributed by atoms with E-state index >= 15 is 0 Å². The van der Waals surface area contributed by atoms with Crippen molar-refractivity contribution < 1.29 is 9.50 Å². The lowest BCUT2D eigenvalue weighted by Gasteiger charge is -2.14. The van der Waals surface area contributed by atoms with Crippen LogP contribution < -0.4 is 5.56 Å². The van der Waals surface area contributed by atoms with Crippen LogP contribution in [0.1, 0.15) is 13.0 Å². The fourth-order valence-corrected chi connectivity index (χ4v) is 3.65. The Morgan fingerprint density at radius 1 is 1.03 bits per heavy atom. The number of aliphatic hydroxyl groups is 1. The molecule has 0 saturated carbocycles. The van der Waals surface area contributed by atoms with E-state index in [0.717, 1.165) is 0 Å². The lowest BCUT2D eigenvalue weighted by atomic mass is 10.1. The maximum atomic E-state index is 13.3. The molecule has 0 saturated heterocycles. The molecule has 0 aliphatic heterocycles. The van der Waals surface area contributed by atoms with E-state index in [4.69, 9.17) is 4.98 Å². The summed E-state index contributed by atoms with van der Waals surface area (Å²) in [6, 6.07) is 7.14. The maximum Gasteiger partial charge on any atom is 0.261 e. The largest absolute Gasteiger partial charge is 0.394 e. The van der Waals surface area contributed by atoms with E-state index < -0.39 is 6.04 Å². The number of benzene rings is 1. The summed E-state index contributed by atoms with van der Waals surface area (Å²) in [6.45, 7) is 1.54. The van der Waals surface area contributed by atoms with Gasteiger partial charge in [0.05, 0.1) is 36.3 Å². The summed E-state index contributed by atoms with van der Waals surface area (Å²) in [4.78, 5) is 31.3. The van der Waals surface area contributed by atoms with E-state index in [0.29, 0.717) is 44.8 Å². The Morgan fingerprint density at radius 3 is 2.41 bits per heavy atom. The van der Waals surface area contributed by atoms with Crippen molar-refractivity contribution >= 4 is 10.9 Å². The van der Waals surface area contributed by atoms with Gasteiger partial charge in [0.15, 0.2) is 5.82 Å². The van der Waals surface area contributed by atoms with Crippen molar-refractivity contribution in [2.24, 2.45) is 7.05 Å². The lowest BCUT2D eigenvalue weighted by molar-refractivity contribution is 0.236. The predicted octanol–water partition coefficient (Wildman–Crippen LogP) is 3.01. The van der Waals surface area contributed by atoms with Crippen LogP contribution in [0.3, 0.4) is 0 Å². The predicted molar refractivity (Wildman–Crippen MR) is 124 cm³/mol. The van der Waals surface area contributed by atoms with Crippen molar-refractivity contribution in [3.8, 4) is 33.9 Å². The number of fused-ring (bicyclic) bond motifs is 1. The standard InChI is InChI=1S/C24H20FN7O2/c1-14(12-33)32-13-28-22-19(24(32)34)7-20(30-21(22)17-10-29-31(2)11-17)16-8-26-23(27-9-16)15-3-5-18(25)6-4-15/h3-11,13-14,33H,12H2,1-2H3/t14-/m0/s1. The van der Waals surface area contributed by atoms with Gasteiger partial charge in [-0.05, 0) is 37.3 Å². The van der Waals surface area contributed by atoms with Gasteiger partial charge in [-0.1, -0.05) is 0 Å². The van der Waals surface area contributed by atoms with E-state index in [1.807, 2.05) is 0 Å². The first-order chi connectivity index (χ1) is 16.4. The second-order valence-corrected chi connectivity index (χ2v) is 7.95. The summed E-state index contributed by atoms with van der Waals surface area (Å²) in [7, 11) is 1.79. The molecule has 1 atom stereocenters. The highest BCUT2D eigenvalue weighted by Gasteiger charge is 2.18. The van der Waals surface area contributed by atoms with Crippen LogP contribution in [0.15, 0.2) is 66.2 Å². The number of rotatable bonds is 5. The molecule has 4 aromatic heterocycles. The van der Waals surface area contributed by atoms with Gasteiger partial charge >= 0.3 is 0 Å². The van der Waals surface area contributed by atoms with Gasteiger partial charge in [-0.15, -0.1) is 0 Å². The van der Waals surface area contributed by atoms with Crippen LogP contribution in [0.5, 0.6) is 0 Å². The van der Waals surface area contributed by atoms with Crippen LogP contribution in [0.2, 0.25) is 0 Å². The molecule has 4 heterocycles. The molecule has 9 nitrogen and oxygen atoms in total. The summed E-state index contributed by atoms with van der Waals surface area (Å²) < 4.78 is 16.3. The molecule has 0 aliphatic carbocycles. The topological polar surface area (TPSA) is 112 Å². The highest BCUT2D eigenvalue weighted by atomic mass is 19.1. The number of hydrogen-bond acceptors (Lipinski definition) is 7. The Morgan fingerprint density at radius 2 is 1.76 bits per heavy atom. The number of nitrogens with zero attached hydrogens (tertiary/aromatic N) is 7. The van der Waals surface area contributed by atoms with Crippen molar-refractivity contribution in [3.63, 3.8) is 0 Å². The molecule has 1 N–H and O–H groups in total. The molecule has 5 aromatic rings. The summed E-state index contributed by atoms with van der Waals surface area (Å²) in [5, 5.41) is 14.1. The van der Waals surface area contributed by atoms with Crippen molar-refractivity contribution in [1.29, 1.82) is 0 Å².